The van der Waals surface area contributed by atoms with E-state index in [2.05, 4.69) is 16.7 Å². The third kappa shape index (κ3) is 4.18. The highest BCUT2D eigenvalue weighted by Crippen LogP contribution is 2.06. The molecular formula is C11H22N2O2. The summed E-state index contributed by atoms with van der Waals surface area (Å²) in [5.41, 5.74) is 0. The number of carboxylic acid groups (broad SMARTS) is 1. The van der Waals surface area contributed by atoms with Gasteiger partial charge in [0.25, 0.3) is 0 Å². The lowest BCUT2D eigenvalue weighted by Crippen LogP contribution is -2.35. The molecule has 1 rings (SSSR count). The molecule has 0 saturated carbocycles. The first kappa shape index (κ1) is 12.5. The zero-order chi connectivity index (χ0) is 11.3. The fraction of sp³-hybridized carbons (Fsp3) is 0.909. The smallest absolute Gasteiger partial charge is 0.307 e. The molecule has 4 heteroatoms. The Labute approximate surface area is 91.9 Å². The van der Waals surface area contributed by atoms with Gasteiger partial charge in [0.1, 0.15) is 0 Å². The average molecular weight is 214 g/mol. The van der Waals surface area contributed by atoms with E-state index in [-0.39, 0.29) is 5.92 Å². The molecule has 0 spiro atoms. The van der Waals surface area contributed by atoms with E-state index in [4.69, 9.17) is 5.11 Å². The van der Waals surface area contributed by atoms with Crippen molar-refractivity contribution in [3.05, 3.63) is 0 Å². The van der Waals surface area contributed by atoms with E-state index in [1.165, 1.54) is 0 Å². The second kappa shape index (κ2) is 6.08. The third-order valence-corrected chi connectivity index (χ3v) is 3.08. The minimum absolute atomic E-state index is 0.252. The zero-order valence-corrected chi connectivity index (χ0v) is 9.78. The van der Waals surface area contributed by atoms with Gasteiger partial charge in [-0.15, -0.1) is 0 Å². The maximum Gasteiger partial charge on any atom is 0.307 e. The quantitative estimate of drug-likeness (QED) is 0.749. The summed E-state index contributed by atoms with van der Waals surface area (Å²) in [6.07, 6.45) is 1.15. The normalized spacial score (nSPS) is 22.3. The lowest BCUT2D eigenvalue weighted by Gasteiger charge is -2.22. The number of carboxylic acids is 1. The van der Waals surface area contributed by atoms with Crippen LogP contribution in [-0.4, -0.2) is 60.1 Å². The monoisotopic (exact) mass is 214 g/mol. The fourth-order valence-electron chi connectivity index (χ4n) is 1.99. The standard InChI is InChI=1S/C11H22N2O2/c1-3-12-5-4-6-13(8-7-12)9-10(2)11(14)15/h10H,3-9H2,1-2H3,(H,14,15). The first-order valence-electron chi connectivity index (χ1n) is 5.81. The molecule has 0 aromatic heterocycles. The summed E-state index contributed by atoms with van der Waals surface area (Å²) in [6, 6.07) is 0. The molecule has 0 aromatic carbocycles. The topological polar surface area (TPSA) is 43.8 Å². The Balaban J connectivity index is 2.34. The van der Waals surface area contributed by atoms with Crippen molar-refractivity contribution in [3.63, 3.8) is 0 Å². The second-order valence-corrected chi connectivity index (χ2v) is 4.33. The summed E-state index contributed by atoms with van der Waals surface area (Å²) in [4.78, 5) is 15.4. The van der Waals surface area contributed by atoms with E-state index >= 15 is 0 Å². The molecule has 0 bridgehead atoms. The Morgan fingerprint density at radius 3 is 2.47 bits per heavy atom. The second-order valence-electron chi connectivity index (χ2n) is 4.33. The number of aliphatic carboxylic acids is 1. The molecule has 4 nitrogen and oxygen atoms in total. The van der Waals surface area contributed by atoms with E-state index in [0.717, 1.165) is 39.1 Å². The van der Waals surface area contributed by atoms with Crippen molar-refractivity contribution in [3.8, 4) is 0 Å². The van der Waals surface area contributed by atoms with E-state index in [1.807, 2.05) is 0 Å². The van der Waals surface area contributed by atoms with Gasteiger partial charge in [-0.3, -0.25) is 4.79 Å². The number of likely N-dealkylation sites (N-methyl/N-ethyl adjacent to an activating group) is 1. The zero-order valence-electron chi connectivity index (χ0n) is 9.78. The van der Waals surface area contributed by atoms with Crippen molar-refractivity contribution in [2.24, 2.45) is 5.92 Å². The molecular weight excluding hydrogens is 192 g/mol. The third-order valence-electron chi connectivity index (χ3n) is 3.08. The predicted octanol–water partition coefficient (Wildman–Crippen LogP) is 0.735. The molecule has 1 fully saturated rings. The fourth-order valence-corrected chi connectivity index (χ4v) is 1.99. The van der Waals surface area contributed by atoms with Crippen LogP contribution in [0.15, 0.2) is 0 Å². The Hall–Kier alpha value is -0.610. The highest BCUT2D eigenvalue weighted by molar-refractivity contribution is 5.69. The van der Waals surface area contributed by atoms with Crippen LogP contribution in [0, 0.1) is 5.92 Å². The van der Waals surface area contributed by atoms with Gasteiger partial charge in [-0.1, -0.05) is 13.8 Å². The van der Waals surface area contributed by atoms with Gasteiger partial charge in [0.15, 0.2) is 0 Å². The first-order chi connectivity index (χ1) is 7.13. The summed E-state index contributed by atoms with van der Waals surface area (Å²) < 4.78 is 0. The van der Waals surface area contributed by atoms with Gasteiger partial charge in [0.2, 0.25) is 0 Å². The molecule has 1 atom stereocenters. The number of nitrogens with zero attached hydrogens (tertiary/aromatic N) is 2. The number of hydrogen-bond donors (Lipinski definition) is 1. The summed E-state index contributed by atoms with van der Waals surface area (Å²) in [5.74, 6) is -0.940. The van der Waals surface area contributed by atoms with Crippen LogP contribution in [0.3, 0.4) is 0 Å². The molecule has 1 aliphatic heterocycles. The molecule has 15 heavy (non-hydrogen) atoms. The maximum atomic E-state index is 10.7. The minimum atomic E-state index is -0.688. The highest BCUT2D eigenvalue weighted by Gasteiger charge is 2.18. The lowest BCUT2D eigenvalue weighted by molar-refractivity contribution is -0.141. The van der Waals surface area contributed by atoms with Crippen LogP contribution in [0.1, 0.15) is 20.3 Å². The van der Waals surface area contributed by atoms with Gasteiger partial charge in [0.05, 0.1) is 5.92 Å². The number of rotatable bonds is 4. The molecule has 0 aromatic rings. The Morgan fingerprint density at radius 1 is 1.27 bits per heavy atom. The molecule has 88 valence electrons. The predicted molar refractivity (Wildman–Crippen MR) is 60.0 cm³/mol. The first-order valence-corrected chi connectivity index (χ1v) is 5.81. The molecule has 1 saturated heterocycles. The molecule has 1 aliphatic rings. The Morgan fingerprint density at radius 2 is 1.87 bits per heavy atom. The lowest BCUT2D eigenvalue weighted by atomic mass is 10.1. The summed E-state index contributed by atoms with van der Waals surface area (Å²) >= 11 is 0. The highest BCUT2D eigenvalue weighted by atomic mass is 16.4. The summed E-state index contributed by atoms with van der Waals surface area (Å²) in [5, 5.41) is 8.84. The molecule has 0 radical (unpaired) electrons. The molecule has 0 amide bonds. The minimum Gasteiger partial charge on any atom is -0.481 e. The van der Waals surface area contributed by atoms with E-state index in [1.54, 1.807) is 6.92 Å². The molecule has 1 N–H and O–H groups in total. The van der Waals surface area contributed by atoms with Gasteiger partial charge in [-0.2, -0.15) is 0 Å². The van der Waals surface area contributed by atoms with Crippen molar-refractivity contribution in [2.75, 3.05) is 39.3 Å². The SMILES string of the molecule is CCN1CCCN(CC(C)C(=O)O)CC1. The van der Waals surface area contributed by atoms with Crippen molar-refractivity contribution >= 4 is 5.97 Å². The van der Waals surface area contributed by atoms with Gasteiger partial charge < -0.3 is 14.9 Å². The maximum absolute atomic E-state index is 10.7. The molecule has 1 unspecified atom stereocenters. The van der Waals surface area contributed by atoms with Crippen LogP contribution < -0.4 is 0 Å². The summed E-state index contributed by atoms with van der Waals surface area (Å²) in [6.45, 7) is 10.0. The van der Waals surface area contributed by atoms with E-state index in [0.29, 0.717) is 6.54 Å². The van der Waals surface area contributed by atoms with E-state index < -0.39 is 5.97 Å². The van der Waals surface area contributed by atoms with Crippen molar-refractivity contribution in [1.29, 1.82) is 0 Å². The average Bonchev–Trinajstić information content (AvgIpc) is 2.43. The van der Waals surface area contributed by atoms with Crippen LogP contribution in [0.2, 0.25) is 0 Å². The van der Waals surface area contributed by atoms with Crippen molar-refractivity contribution in [1.82, 2.24) is 9.80 Å². The van der Waals surface area contributed by atoms with Crippen LogP contribution >= 0.6 is 0 Å². The number of hydrogen-bond acceptors (Lipinski definition) is 3. The van der Waals surface area contributed by atoms with Crippen molar-refractivity contribution in [2.45, 2.75) is 20.3 Å². The Bertz CT molecular complexity index is 209. The van der Waals surface area contributed by atoms with Gasteiger partial charge in [-0.25, -0.2) is 0 Å². The number of carbonyl (C=O) groups is 1. The van der Waals surface area contributed by atoms with Crippen LogP contribution in [0.5, 0.6) is 0 Å². The van der Waals surface area contributed by atoms with Crippen molar-refractivity contribution < 1.29 is 9.90 Å². The van der Waals surface area contributed by atoms with Crippen LogP contribution in [-0.2, 0) is 4.79 Å². The van der Waals surface area contributed by atoms with Crippen LogP contribution in [0.25, 0.3) is 0 Å². The molecule has 1 heterocycles. The Kier molecular flexibility index (Phi) is 5.05. The van der Waals surface area contributed by atoms with E-state index in [9.17, 15) is 4.79 Å². The van der Waals surface area contributed by atoms with Crippen LogP contribution in [0.4, 0.5) is 0 Å². The molecule has 0 aliphatic carbocycles. The summed E-state index contributed by atoms with van der Waals surface area (Å²) in [7, 11) is 0. The van der Waals surface area contributed by atoms with Gasteiger partial charge in [-0.05, 0) is 26.1 Å². The van der Waals surface area contributed by atoms with Gasteiger partial charge >= 0.3 is 5.97 Å². The largest absolute Gasteiger partial charge is 0.481 e. The van der Waals surface area contributed by atoms with Gasteiger partial charge in [0, 0.05) is 19.6 Å².